The zero-order valence-corrected chi connectivity index (χ0v) is 17.5. The Morgan fingerprint density at radius 2 is 1.70 bits per heavy atom. The Balaban J connectivity index is 1.72. The van der Waals surface area contributed by atoms with E-state index in [4.69, 9.17) is 23.8 Å². The number of anilines is 2. The Morgan fingerprint density at radius 1 is 1.00 bits per heavy atom. The first-order chi connectivity index (χ1) is 12.8. The van der Waals surface area contributed by atoms with Crippen molar-refractivity contribution in [2.45, 2.75) is 34.2 Å². The van der Waals surface area contributed by atoms with Crippen molar-refractivity contribution >= 4 is 40.3 Å². The van der Waals surface area contributed by atoms with Gasteiger partial charge in [0.1, 0.15) is 0 Å². The number of thiocarbonyl (C=S) groups is 1. The zero-order chi connectivity index (χ0) is 19.6. The second-order valence-electron chi connectivity index (χ2n) is 6.71. The predicted octanol–water partition coefficient (Wildman–Crippen LogP) is 5.63. The van der Waals surface area contributed by atoms with E-state index in [1.54, 1.807) is 0 Å². The molecule has 0 aliphatic heterocycles. The molecule has 0 atom stereocenters. The Labute approximate surface area is 170 Å². The van der Waals surface area contributed by atoms with Crippen LogP contribution >= 0.6 is 23.8 Å². The molecule has 0 radical (unpaired) electrons. The highest BCUT2D eigenvalue weighted by Gasteiger charge is 2.13. The van der Waals surface area contributed by atoms with Gasteiger partial charge in [-0.3, -0.25) is 4.68 Å². The normalized spacial score (nSPS) is 10.7. The Kier molecular flexibility index (Phi) is 5.82. The lowest BCUT2D eigenvalue weighted by atomic mass is 10.1. The lowest BCUT2D eigenvalue weighted by Gasteiger charge is -2.12. The highest BCUT2D eigenvalue weighted by molar-refractivity contribution is 7.80. The van der Waals surface area contributed by atoms with Gasteiger partial charge in [0.15, 0.2) is 5.11 Å². The molecule has 0 aliphatic carbocycles. The molecule has 2 aromatic carbocycles. The van der Waals surface area contributed by atoms with E-state index in [0.717, 1.165) is 33.3 Å². The molecule has 4 nitrogen and oxygen atoms in total. The number of hydrogen-bond acceptors (Lipinski definition) is 2. The van der Waals surface area contributed by atoms with Crippen molar-refractivity contribution in [3.05, 3.63) is 75.6 Å². The highest BCUT2D eigenvalue weighted by atomic mass is 35.5. The lowest BCUT2D eigenvalue weighted by molar-refractivity contribution is 0.659. The minimum atomic E-state index is 0.551. The maximum atomic E-state index is 5.96. The van der Waals surface area contributed by atoms with E-state index in [9.17, 15) is 0 Å². The van der Waals surface area contributed by atoms with Crippen molar-refractivity contribution in [1.82, 2.24) is 9.78 Å². The molecule has 3 aromatic rings. The molecular formula is C21H23ClN4S. The van der Waals surface area contributed by atoms with E-state index in [1.807, 2.05) is 48.9 Å². The van der Waals surface area contributed by atoms with Crippen LogP contribution < -0.4 is 10.6 Å². The van der Waals surface area contributed by atoms with Crippen LogP contribution in [0.15, 0.2) is 42.5 Å². The monoisotopic (exact) mass is 398 g/mol. The fraction of sp³-hybridized carbons (Fsp3) is 0.238. The summed E-state index contributed by atoms with van der Waals surface area (Å²) in [6, 6.07) is 14.0. The first-order valence-electron chi connectivity index (χ1n) is 8.77. The summed E-state index contributed by atoms with van der Waals surface area (Å²) in [7, 11) is 0. The van der Waals surface area contributed by atoms with Crippen molar-refractivity contribution in [3.8, 4) is 0 Å². The summed E-state index contributed by atoms with van der Waals surface area (Å²) in [6.45, 7) is 8.88. The minimum Gasteiger partial charge on any atom is -0.332 e. The van der Waals surface area contributed by atoms with Gasteiger partial charge in [-0.2, -0.15) is 5.10 Å². The van der Waals surface area contributed by atoms with Crippen molar-refractivity contribution < 1.29 is 0 Å². The molecule has 0 bridgehead atoms. The van der Waals surface area contributed by atoms with Crippen LogP contribution in [0.1, 0.15) is 28.1 Å². The number of rotatable bonds is 4. The van der Waals surface area contributed by atoms with Crippen LogP contribution in [0.5, 0.6) is 0 Å². The van der Waals surface area contributed by atoms with Crippen LogP contribution in [-0.2, 0) is 6.54 Å². The number of halogens is 1. The Bertz CT molecular complexity index is 977. The number of aromatic nitrogens is 2. The number of benzene rings is 2. The highest BCUT2D eigenvalue weighted by Crippen LogP contribution is 2.22. The Hall–Kier alpha value is -2.37. The number of nitrogens with one attached hydrogen (secondary N) is 2. The summed E-state index contributed by atoms with van der Waals surface area (Å²) in [5.41, 5.74) is 7.48. The van der Waals surface area contributed by atoms with Crippen LogP contribution in [0.3, 0.4) is 0 Å². The summed E-state index contributed by atoms with van der Waals surface area (Å²) in [5.74, 6) is 0. The molecule has 140 valence electrons. The van der Waals surface area contributed by atoms with Crippen molar-refractivity contribution in [2.24, 2.45) is 0 Å². The van der Waals surface area contributed by atoms with Gasteiger partial charge in [-0.1, -0.05) is 29.8 Å². The third-order valence-corrected chi connectivity index (χ3v) is 5.09. The molecule has 1 aromatic heterocycles. The molecule has 6 heteroatoms. The standard InChI is InChI=1S/C21H23ClN4S/c1-13-5-10-19(11-14(13)2)23-21(27)24-20-15(3)25-26(16(20)4)12-17-6-8-18(22)9-7-17/h5-11H,12H2,1-4H3,(H2,23,24,27). The number of aryl methyl sites for hydroxylation is 3. The second-order valence-corrected chi connectivity index (χ2v) is 7.55. The molecule has 0 amide bonds. The van der Waals surface area contributed by atoms with Gasteiger partial charge < -0.3 is 10.6 Å². The molecule has 0 saturated heterocycles. The van der Waals surface area contributed by atoms with Gasteiger partial charge in [0.2, 0.25) is 0 Å². The largest absolute Gasteiger partial charge is 0.332 e. The first-order valence-corrected chi connectivity index (χ1v) is 9.56. The Morgan fingerprint density at radius 3 is 2.37 bits per heavy atom. The second kappa shape index (κ2) is 8.11. The summed E-state index contributed by atoms with van der Waals surface area (Å²) in [6.07, 6.45) is 0. The van der Waals surface area contributed by atoms with E-state index in [1.165, 1.54) is 11.1 Å². The lowest BCUT2D eigenvalue weighted by Crippen LogP contribution is -2.20. The molecule has 0 aliphatic rings. The third-order valence-electron chi connectivity index (χ3n) is 4.63. The molecule has 27 heavy (non-hydrogen) atoms. The maximum Gasteiger partial charge on any atom is 0.175 e. The minimum absolute atomic E-state index is 0.551. The molecule has 0 spiro atoms. The third kappa shape index (κ3) is 4.67. The average molecular weight is 399 g/mol. The molecule has 3 rings (SSSR count). The van der Waals surface area contributed by atoms with E-state index in [2.05, 4.69) is 41.7 Å². The van der Waals surface area contributed by atoms with Gasteiger partial charge in [0, 0.05) is 10.7 Å². The molecular weight excluding hydrogens is 376 g/mol. The van der Waals surface area contributed by atoms with Crippen LogP contribution in [0.25, 0.3) is 0 Å². The summed E-state index contributed by atoms with van der Waals surface area (Å²) in [4.78, 5) is 0. The van der Waals surface area contributed by atoms with Gasteiger partial charge in [0.05, 0.1) is 23.6 Å². The van der Waals surface area contributed by atoms with Crippen LogP contribution in [0.2, 0.25) is 5.02 Å². The van der Waals surface area contributed by atoms with E-state index in [-0.39, 0.29) is 0 Å². The SMILES string of the molecule is Cc1ccc(NC(=S)Nc2c(C)nn(Cc3ccc(Cl)cc3)c2C)cc1C. The fourth-order valence-electron chi connectivity index (χ4n) is 2.89. The fourth-order valence-corrected chi connectivity index (χ4v) is 3.24. The molecule has 0 fully saturated rings. The van der Waals surface area contributed by atoms with Gasteiger partial charge >= 0.3 is 0 Å². The van der Waals surface area contributed by atoms with Gasteiger partial charge in [-0.15, -0.1) is 0 Å². The maximum absolute atomic E-state index is 5.96. The number of nitrogens with zero attached hydrogens (tertiary/aromatic N) is 2. The van der Waals surface area contributed by atoms with Crippen LogP contribution in [-0.4, -0.2) is 14.9 Å². The van der Waals surface area contributed by atoms with Gasteiger partial charge in [-0.25, -0.2) is 0 Å². The van der Waals surface area contributed by atoms with E-state index < -0.39 is 0 Å². The number of hydrogen-bond donors (Lipinski definition) is 2. The quantitative estimate of drug-likeness (QED) is 0.559. The summed E-state index contributed by atoms with van der Waals surface area (Å²) >= 11 is 11.5. The summed E-state index contributed by atoms with van der Waals surface area (Å²) < 4.78 is 1.97. The smallest absolute Gasteiger partial charge is 0.175 e. The van der Waals surface area contributed by atoms with E-state index in [0.29, 0.717) is 11.7 Å². The molecule has 2 N–H and O–H groups in total. The van der Waals surface area contributed by atoms with Crippen molar-refractivity contribution in [2.75, 3.05) is 10.6 Å². The zero-order valence-electron chi connectivity index (χ0n) is 15.9. The average Bonchev–Trinajstić information content (AvgIpc) is 2.87. The molecule has 1 heterocycles. The van der Waals surface area contributed by atoms with Crippen molar-refractivity contribution in [3.63, 3.8) is 0 Å². The van der Waals surface area contributed by atoms with Crippen molar-refractivity contribution in [1.29, 1.82) is 0 Å². The molecule has 0 unspecified atom stereocenters. The summed E-state index contributed by atoms with van der Waals surface area (Å²) in [5, 5.41) is 12.5. The predicted molar refractivity (Wildman–Crippen MR) is 118 cm³/mol. The molecule has 0 saturated carbocycles. The first kappa shape index (κ1) is 19.4. The van der Waals surface area contributed by atoms with Gasteiger partial charge in [0.25, 0.3) is 0 Å². The topological polar surface area (TPSA) is 41.9 Å². The van der Waals surface area contributed by atoms with Crippen LogP contribution in [0, 0.1) is 27.7 Å². The van der Waals surface area contributed by atoms with Crippen LogP contribution in [0.4, 0.5) is 11.4 Å². The van der Waals surface area contributed by atoms with Gasteiger partial charge in [-0.05, 0) is 80.9 Å². The van der Waals surface area contributed by atoms with E-state index >= 15 is 0 Å².